The Morgan fingerprint density at radius 3 is 1.78 bits per heavy atom. The van der Waals surface area contributed by atoms with Crippen LogP contribution in [0.5, 0.6) is 0 Å². The second kappa shape index (κ2) is 15.4. The van der Waals surface area contributed by atoms with E-state index in [-0.39, 0.29) is 5.56 Å². The van der Waals surface area contributed by atoms with Gasteiger partial charge in [-0.2, -0.15) is 10.2 Å². The fraction of sp³-hybridized carbons (Fsp3) is 0.300. The highest BCUT2D eigenvalue weighted by Gasteiger charge is 2.11. The van der Waals surface area contributed by atoms with Crippen LogP contribution in [0.15, 0.2) is 51.4 Å². The molecule has 0 saturated heterocycles. The number of hydrogen-bond acceptors (Lipinski definition) is 7. The Bertz CT molecular complexity index is 1400. The highest BCUT2D eigenvalue weighted by molar-refractivity contribution is 9.10. The molecule has 4 rings (SSSR count). The molecule has 0 radical (unpaired) electrons. The second-order valence-corrected chi connectivity index (χ2v) is 15.5. The highest BCUT2D eigenvalue weighted by Crippen LogP contribution is 2.61. The molecule has 4 heterocycles. The van der Waals surface area contributed by atoms with Crippen LogP contribution in [0, 0.1) is 0 Å². The monoisotopic (exact) mass is 734 g/mol. The van der Waals surface area contributed by atoms with Gasteiger partial charge in [-0.05, 0) is 79.4 Å². The van der Waals surface area contributed by atoms with Gasteiger partial charge < -0.3 is 4.98 Å². The van der Waals surface area contributed by atoms with Gasteiger partial charge >= 0.3 is 5.20 Å². The lowest BCUT2D eigenvalue weighted by molar-refractivity contribution is 0.600. The zero-order valence-electron chi connectivity index (χ0n) is 19.5. The zero-order valence-corrected chi connectivity index (χ0v) is 26.5. The topological polar surface area (TPSA) is 124 Å². The van der Waals surface area contributed by atoms with E-state index in [1.165, 1.54) is 12.7 Å². The van der Waals surface area contributed by atoms with Crippen LogP contribution in [-0.2, 0) is 30.5 Å². The Hall–Kier alpha value is -1.27. The van der Waals surface area contributed by atoms with Crippen LogP contribution in [-0.4, -0.2) is 39.5 Å². The third-order valence-electron chi connectivity index (χ3n) is 4.58. The van der Waals surface area contributed by atoms with E-state index in [1.54, 1.807) is 18.6 Å². The summed E-state index contributed by atoms with van der Waals surface area (Å²) >= 11 is 26.8. The quantitative estimate of drug-likeness (QED) is 0.170. The van der Waals surface area contributed by atoms with Gasteiger partial charge in [-0.3, -0.25) is 18.7 Å². The summed E-state index contributed by atoms with van der Waals surface area (Å²) in [5.74, 6) is 0. The minimum Gasteiger partial charge on any atom is -0.313 e. The predicted molar refractivity (Wildman–Crippen MR) is 154 cm³/mol. The van der Waals surface area contributed by atoms with Crippen molar-refractivity contribution in [1.29, 1.82) is 0 Å². The van der Waals surface area contributed by atoms with Crippen molar-refractivity contribution in [3.05, 3.63) is 84.4 Å². The molecule has 0 aliphatic rings. The van der Waals surface area contributed by atoms with Crippen LogP contribution in [0.1, 0.15) is 36.1 Å². The van der Waals surface area contributed by atoms with Gasteiger partial charge in [0.05, 0.1) is 18.7 Å². The molecular formula is C20H21Br2Cl4N8O2P. The Labute approximate surface area is 249 Å². The molecule has 0 unspecified atom stereocenters. The summed E-state index contributed by atoms with van der Waals surface area (Å²) in [5, 5.41) is 5.71. The van der Waals surface area contributed by atoms with Crippen LogP contribution in [0.3, 0.4) is 0 Å². The number of H-pyrrole nitrogens is 1. The van der Waals surface area contributed by atoms with Crippen LogP contribution < -0.4 is 5.56 Å². The van der Waals surface area contributed by atoms with E-state index in [0.29, 0.717) is 23.6 Å². The molecule has 0 spiro atoms. The standard InChI is InChI=1S/C10H10BrClN4.C10H11BrN4O.Cl3OP/c1-2-16-9(11)7(5-15-16)3-8-4-13-6-14-10(8)12;1-2-15-9(11)7(5-14-15)3-8-4-12-6-13-10(8)16;1-5(2,3)4/h4-6H,2-3H2,1H3;4-6H,2-3H2,1H3,(H,12,13,16);. The van der Waals surface area contributed by atoms with Gasteiger partial charge in [0, 0.05) is 60.6 Å². The normalized spacial score (nSPS) is 10.8. The van der Waals surface area contributed by atoms with Crippen molar-refractivity contribution in [1.82, 2.24) is 39.5 Å². The van der Waals surface area contributed by atoms with E-state index in [9.17, 15) is 9.36 Å². The molecule has 0 bridgehead atoms. The van der Waals surface area contributed by atoms with Crippen LogP contribution >= 0.6 is 82.4 Å². The van der Waals surface area contributed by atoms with Gasteiger partial charge in [-0.15, -0.1) is 0 Å². The first-order valence-electron chi connectivity index (χ1n) is 10.5. The Kier molecular flexibility index (Phi) is 13.3. The molecule has 37 heavy (non-hydrogen) atoms. The number of aryl methyl sites for hydroxylation is 2. The fourth-order valence-corrected chi connectivity index (χ4v) is 4.20. The predicted octanol–water partition coefficient (Wildman–Crippen LogP) is 6.85. The molecular weight excluding hydrogens is 717 g/mol. The molecule has 0 aliphatic carbocycles. The van der Waals surface area contributed by atoms with E-state index in [1.807, 2.05) is 29.4 Å². The Morgan fingerprint density at radius 1 is 0.865 bits per heavy atom. The van der Waals surface area contributed by atoms with Crippen LogP contribution in [0.25, 0.3) is 0 Å². The molecule has 0 aliphatic heterocycles. The molecule has 0 fully saturated rings. The van der Waals surface area contributed by atoms with Crippen LogP contribution in [0.2, 0.25) is 5.15 Å². The van der Waals surface area contributed by atoms with Crippen molar-refractivity contribution in [2.75, 3.05) is 0 Å². The summed E-state index contributed by atoms with van der Waals surface area (Å²) in [6.07, 6.45) is 10.9. The van der Waals surface area contributed by atoms with Crippen molar-refractivity contribution in [2.24, 2.45) is 0 Å². The summed E-state index contributed by atoms with van der Waals surface area (Å²) in [4.78, 5) is 25.8. The molecule has 0 aromatic carbocycles. The number of hydrogen-bond donors (Lipinski definition) is 1. The van der Waals surface area contributed by atoms with Gasteiger partial charge in [-0.25, -0.2) is 15.0 Å². The van der Waals surface area contributed by atoms with Gasteiger partial charge in [0.2, 0.25) is 0 Å². The first-order valence-corrected chi connectivity index (χ1v) is 16.9. The van der Waals surface area contributed by atoms with Gasteiger partial charge in [0.25, 0.3) is 5.56 Å². The number of halogens is 6. The summed E-state index contributed by atoms with van der Waals surface area (Å²) in [6, 6.07) is 0. The Morgan fingerprint density at radius 2 is 1.35 bits per heavy atom. The highest BCUT2D eigenvalue weighted by atomic mass is 79.9. The smallest absolute Gasteiger partial charge is 0.313 e. The number of nitrogens with zero attached hydrogens (tertiary/aromatic N) is 7. The number of aromatic amines is 1. The van der Waals surface area contributed by atoms with E-state index in [4.69, 9.17) is 11.6 Å². The summed E-state index contributed by atoms with van der Waals surface area (Å²) in [7, 11) is 0. The Balaban J connectivity index is 0.000000221. The van der Waals surface area contributed by atoms with E-state index in [2.05, 4.69) is 95.7 Å². The van der Waals surface area contributed by atoms with Crippen molar-refractivity contribution in [3.8, 4) is 0 Å². The molecule has 200 valence electrons. The summed E-state index contributed by atoms with van der Waals surface area (Å²) in [6.45, 7) is 5.68. The molecule has 0 saturated carbocycles. The molecule has 10 nitrogen and oxygen atoms in total. The third kappa shape index (κ3) is 10.8. The average molecular weight is 738 g/mol. The minimum absolute atomic E-state index is 0.105. The van der Waals surface area contributed by atoms with Crippen molar-refractivity contribution >= 4 is 82.4 Å². The third-order valence-corrected chi connectivity index (χ3v) is 6.75. The molecule has 1 N–H and O–H groups in total. The zero-order chi connectivity index (χ0) is 27.6. The number of aromatic nitrogens is 8. The second-order valence-electron chi connectivity index (χ2n) is 7.05. The lowest BCUT2D eigenvalue weighted by Crippen LogP contribution is -2.12. The minimum atomic E-state index is -3.22. The van der Waals surface area contributed by atoms with Gasteiger partial charge in [0.15, 0.2) is 0 Å². The maximum atomic E-state index is 11.5. The van der Waals surface area contributed by atoms with E-state index in [0.717, 1.165) is 39.0 Å². The largest absolute Gasteiger partial charge is 0.339 e. The maximum Gasteiger partial charge on any atom is 0.339 e. The lowest BCUT2D eigenvalue weighted by Gasteiger charge is -2.02. The molecule has 0 amide bonds. The maximum absolute atomic E-state index is 11.5. The molecule has 17 heteroatoms. The van der Waals surface area contributed by atoms with Crippen molar-refractivity contribution < 1.29 is 4.57 Å². The SMILES string of the molecule is CCn1ncc(Cc2cnc[nH]c2=O)c1Br.CCn1ncc(Cc2cncnc2Cl)c1Br.O=P(Cl)(Cl)Cl. The van der Waals surface area contributed by atoms with Gasteiger partial charge in [-0.1, -0.05) is 11.6 Å². The van der Waals surface area contributed by atoms with Crippen LogP contribution in [0.4, 0.5) is 0 Å². The van der Waals surface area contributed by atoms with E-state index >= 15 is 0 Å². The first-order chi connectivity index (χ1) is 17.4. The van der Waals surface area contributed by atoms with Crippen molar-refractivity contribution in [2.45, 2.75) is 39.8 Å². The number of nitrogens with one attached hydrogen (secondary N) is 1. The number of rotatable bonds is 6. The molecule has 0 atom stereocenters. The summed E-state index contributed by atoms with van der Waals surface area (Å²) in [5.41, 5.74) is 3.50. The fourth-order valence-electron chi connectivity index (χ4n) is 2.87. The van der Waals surface area contributed by atoms with Crippen molar-refractivity contribution in [3.63, 3.8) is 0 Å². The first kappa shape index (κ1) is 31.9. The molecule has 4 aromatic heterocycles. The molecule has 4 aromatic rings. The average Bonchev–Trinajstić information content (AvgIpc) is 3.37. The van der Waals surface area contributed by atoms with Gasteiger partial charge in [0.1, 0.15) is 20.7 Å². The summed E-state index contributed by atoms with van der Waals surface area (Å²) < 4.78 is 15.1. The van der Waals surface area contributed by atoms with E-state index < -0.39 is 5.20 Å². The lowest BCUT2D eigenvalue weighted by atomic mass is 10.1.